The summed E-state index contributed by atoms with van der Waals surface area (Å²) in [6.07, 6.45) is 0. The topological polar surface area (TPSA) is 58.9 Å². The molecular weight excluding hydrogens is 232 g/mol. The maximum absolute atomic E-state index is 9.43. The molecule has 0 unspecified atom stereocenters. The fourth-order valence-electron chi connectivity index (χ4n) is 1.73. The second-order valence-electron chi connectivity index (χ2n) is 5.24. The van der Waals surface area contributed by atoms with Crippen LogP contribution >= 0.6 is 0 Å². The first-order valence-electron chi connectivity index (χ1n) is 5.93. The molecule has 0 aliphatic rings. The van der Waals surface area contributed by atoms with Gasteiger partial charge in [-0.1, -0.05) is 20.8 Å². The fraction of sp³-hybridized carbons (Fsp3) is 0.571. The Morgan fingerprint density at radius 3 is 1.89 bits per heavy atom. The molecular formula is C14H22O4. The van der Waals surface area contributed by atoms with Gasteiger partial charge in [-0.05, 0) is 23.1 Å². The van der Waals surface area contributed by atoms with Crippen LogP contribution in [0.1, 0.15) is 37.5 Å². The molecule has 4 heteroatoms. The van der Waals surface area contributed by atoms with E-state index in [0.29, 0.717) is 16.9 Å². The highest BCUT2D eigenvalue weighted by molar-refractivity contribution is 5.46. The second kappa shape index (κ2) is 6.18. The lowest BCUT2D eigenvalue weighted by molar-refractivity contribution is 0.0478. The van der Waals surface area contributed by atoms with Crippen LogP contribution in [0.5, 0.6) is 5.75 Å². The predicted molar refractivity (Wildman–Crippen MR) is 69.5 cm³/mol. The number of hydrogen-bond donors (Lipinski definition) is 2. The van der Waals surface area contributed by atoms with Crippen molar-refractivity contribution in [3.05, 3.63) is 28.8 Å². The Morgan fingerprint density at radius 2 is 1.56 bits per heavy atom. The van der Waals surface area contributed by atoms with E-state index in [2.05, 4.69) is 20.8 Å². The van der Waals surface area contributed by atoms with Crippen LogP contribution in [-0.2, 0) is 23.4 Å². The Morgan fingerprint density at radius 1 is 1.06 bits per heavy atom. The van der Waals surface area contributed by atoms with Gasteiger partial charge >= 0.3 is 0 Å². The third kappa shape index (κ3) is 3.45. The molecule has 0 aromatic heterocycles. The normalized spacial score (nSPS) is 11.7. The molecule has 0 radical (unpaired) electrons. The second-order valence-corrected chi connectivity index (χ2v) is 5.24. The Balaban J connectivity index is 3.25. The van der Waals surface area contributed by atoms with Gasteiger partial charge in [0.25, 0.3) is 0 Å². The molecule has 2 N–H and O–H groups in total. The van der Waals surface area contributed by atoms with Crippen molar-refractivity contribution in [2.45, 2.75) is 39.4 Å². The third-order valence-electron chi connectivity index (χ3n) is 2.77. The van der Waals surface area contributed by atoms with Crippen molar-refractivity contribution in [2.75, 3.05) is 13.9 Å². The van der Waals surface area contributed by atoms with Gasteiger partial charge in [0.1, 0.15) is 5.75 Å². The highest BCUT2D eigenvalue weighted by Gasteiger charge is 2.19. The van der Waals surface area contributed by atoms with Crippen LogP contribution in [-0.4, -0.2) is 24.1 Å². The molecule has 0 aliphatic heterocycles. The number of benzene rings is 1. The highest BCUT2D eigenvalue weighted by atomic mass is 16.7. The van der Waals surface area contributed by atoms with Crippen molar-refractivity contribution in [1.82, 2.24) is 0 Å². The zero-order chi connectivity index (χ0) is 13.8. The van der Waals surface area contributed by atoms with E-state index < -0.39 is 0 Å². The number of aliphatic hydroxyl groups excluding tert-OH is 2. The van der Waals surface area contributed by atoms with Crippen molar-refractivity contribution < 1.29 is 19.7 Å². The van der Waals surface area contributed by atoms with Crippen molar-refractivity contribution >= 4 is 0 Å². The number of methoxy groups -OCH3 is 1. The van der Waals surface area contributed by atoms with Gasteiger partial charge in [-0.2, -0.15) is 0 Å². The molecule has 4 nitrogen and oxygen atoms in total. The van der Waals surface area contributed by atoms with Crippen LogP contribution in [0.2, 0.25) is 0 Å². The molecule has 1 aromatic carbocycles. The molecule has 1 rings (SSSR count). The van der Waals surface area contributed by atoms with Gasteiger partial charge in [-0.15, -0.1) is 0 Å². The summed E-state index contributed by atoms with van der Waals surface area (Å²) in [6, 6.07) is 3.81. The zero-order valence-corrected chi connectivity index (χ0v) is 11.5. The first kappa shape index (κ1) is 15.0. The average molecular weight is 254 g/mol. The monoisotopic (exact) mass is 254 g/mol. The van der Waals surface area contributed by atoms with E-state index >= 15 is 0 Å². The summed E-state index contributed by atoms with van der Waals surface area (Å²) in [5.74, 6) is 0.509. The molecule has 18 heavy (non-hydrogen) atoms. The van der Waals surface area contributed by atoms with Crippen LogP contribution in [0.3, 0.4) is 0 Å². The molecule has 0 saturated heterocycles. The lowest BCUT2D eigenvalue weighted by atomic mass is 9.85. The summed E-state index contributed by atoms with van der Waals surface area (Å²) in [5.41, 5.74) is 2.35. The van der Waals surface area contributed by atoms with E-state index in [4.69, 9.17) is 9.47 Å². The molecule has 0 amide bonds. The van der Waals surface area contributed by atoms with Crippen molar-refractivity contribution in [3.8, 4) is 5.75 Å². The van der Waals surface area contributed by atoms with Gasteiger partial charge in [-0.3, -0.25) is 0 Å². The Bertz CT molecular complexity index is 368. The van der Waals surface area contributed by atoms with E-state index in [1.165, 1.54) is 7.11 Å². The molecule has 0 bridgehead atoms. The molecule has 1 aromatic rings. The number of aliphatic hydroxyl groups is 2. The Kier molecular flexibility index (Phi) is 5.14. The molecule has 0 atom stereocenters. The van der Waals surface area contributed by atoms with Crippen LogP contribution in [0.4, 0.5) is 0 Å². The van der Waals surface area contributed by atoms with E-state index in [0.717, 1.165) is 5.56 Å². The maximum Gasteiger partial charge on any atom is 0.188 e. The van der Waals surface area contributed by atoms with Gasteiger partial charge < -0.3 is 19.7 Å². The minimum absolute atomic E-state index is 0.0480. The summed E-state index contributed by atoms with van der Waals surface area (Å²) in [6.45, 7) is 6.09. The summed E-state index contributed by atoms with van der Waals surface area (Å²) in [5, 5.41) is 18.9. The summed E-state index contributed by atoms with van der Waals surface area (Å²) in [4.78, 5) is 0. The third-order valence-corrected chi connectivity index (χ3v) is 2.77. The van der Waals surface area contributed by atoms with Crippen LogP contribution < -0.4 is 4.74 Å². The van der Waals surface area contributed by atoms with E-state index in [-0.39, 0.29) is 25.4 Å². The summed E-state index contributed by atoms with van der Waals surface area (Å²) >= 11 is 0. The smallest absolute Gasteiger partial charge is 0.188 e. The maximum atomic E-state index is 9.43. The first-order valence-corrected chi connectivity index (χ1v) is 5.93. The molecule has 0 aliphatic carbocycles. The minimum Gasteiger partial charge on any atom is -0.467 e. The average Bonchev–Trinajstić information content (AvgIpc) is 2.33. The quantitative estimate of drug-likeness (QED) is 0.789. The van der Waals surface area contributed by atoms with Crippen molar-refractivity contribution in [3.63, 3.8) is 0 Å². The number of hydrogen-bond acceptors (Lipinski definition) is 4. The highest BCUT2D eigenvalue weighted by Crippen LogP contribution is 2.32. The molecule has 0 saturated carbocycles. The lowest BCUT2D eigenvalue weighted by Crippen LogP contribution is -2.14. The fourth-order valence-corrected chi connectivity index (χ4v) is 1.73. The van der Waals surface area contributed by atoms with E-state index in [9.17, 15) is 10.2 Å². The van der Waals surface area contributed by atoms with Crippen LogP contribution in [0.25, 0.3) is 0 Å². The molecule has 0 spiro atoms. The van der Waals surface area contributed by atoms with E-state index in [1.807, 2.05) is 12.1 Å². The lowest BCUT2D eigenvalue weighted by Gasteiger charge is -2.23. The first-order chi connectivity index (χ1) is 8.43. The summed E-state index contributed by atoms with van der Waals surface area (Å²) in [7, 11) is 1.53. The van der Waals surface area contributed by atoms with Gasteiger partial charge in [-0.25, -0.2) is 0 Å². The summed E-state index contributed by atoms with van der Waals surface area (Å²) < 4.78 is 10.3. The van der Waals surface area contributed by atoms with E-state index in [1.54, 1.807) is 0 Å². The van der Waals surface area contributed by atoms with Gasteiger partial charge in [0.2, 0.25) is 0 Å². The largest absolute Gasteiger partial charge is 0.467 e. The van der Waals surface area contributed by atoms with Gasteiger partial charge in [0.05, 0.1) is 13.2 Å². The van der Waals surface area contributed by atoms with Gasteiger partial charge in [0.15, 0.2) is 6.79 Å². The van der Waals surface area contributed by atoms with Crippen LogP contribution in [0, 0.1) is 0 Å². The minimum atomic E-state index is -0.129. The molecule has 0 fully saturated rings. The SMILES string of the molecule is COCOc1c(CO)cc(C(C)(C)C)cc1CO. The van der Waals surface area contributed by atoms with Crippen molar-refractivity contribution in [2.24, 2.45) is 0 Å². The molecule has 102 valence electrons. The Hall–Kier alpha value is -1.10. The number of ether oxygens (including phenoxy) is 2. The zero-order valence-electron chi connectivity index (χ0n) is 11.5. The molecule has 0 heterocycles. The standard InChI is InChI=1S/C14H22O4/c1-14(2,3)12-5-10(7-15)13(18-9-17-4)11(6-12)8-16/h5-6,15-16H,7-9H2,1-4H3. The van der Waals surface area contributed by atoms with Crippen LogP contribution in [0.15, 0.2) is 12.1 Å². The Labute approximate surface area is 108 Å². The van der Waals surface area contributed by atoms with Gasteiger partial charge in [0, 0.05) is 18.2 Å². The predicted octanol–water partition coefficient (Wildman–Crippen LogP) is 1.95. The van der Waals surface area contributed by atoms with Crippen molar-refractivity contribution in [1.29, 1.82) is 0 Å². The number of rotatable bonds is 5.